The topological polar surface area (TPSA) is 32.3 Å². The molecule has 3 aliphatic rings. The van der Waals surface area contributed by atoms with E-state index in [1.54, 1.807) is 0 Å². The van der Waals surface area contributed by atoms with Crippen LogP contribution in [-0.2, 0) is 4.79 Å². The van der Waals surface area contributed by atoms with Gasteiger partial charge in [0, 0.05) is 12.6 Å². The summed E-state index contributed by atoms with van der Waals surface area (Å²) >= 11 is 0. The lowest BCUT2D eigenvalue weighted by molar-refractivity contribution is -0.126. The molecule has 3 heteroatoms. The van der Waals surface area contributed by atoms with E-state index in [4.69, 9.17) is 0 Å². The van der Waals surface area contributed by atoms with Crippen molar-refractivity contribution in [1.82, 2.24) is 10.2 Å². The van der Waals surface area contributed by atoms with Crippen LogP contribution in [0.1, 0.15) is 57.8 Å². The summed E-state index contributed by atoms with van der Waals surface area (Å²) in [7, 11) is 0. The van der Waals surface area contributed by atoms with Crippen LogP contribution in [0, 0.1) is 5.92 Å². The Bertz CT molecular complexity index is 502. The summed E-state index contributed by atoms with van der Waals surface area (Å²) in [5, 5.41) is 3.33. The maximum absolute atomic E-state index is 12.8. The molecule has 24 heavy (non-hydrogen) atoms. The molecule has 2 atom stereocenters. The first-order valence-corrected chi connectivity index (χ1v) is 9.78. The smallest absolute Gasteiger partial charge is 0.237 e. The van der Waals surface area contributed by atoms with Crippen LogP contribution in [0.2, 0.25) is 0 Å². The number of hydrogen-bond acceptors (Lipinski definition) is 2. The Labute approximate surface area is 146 Å². The minimum absolute atomic E-state index is 0.100. The number of nitrogens with zero attached hydrogens (tertiary/aromatic N) is 1. The van der Waals surface area contributed by atoms with Gasteiger partial charge in [0.1, 0.15) is 0 Å². The quantitative estimate of drug-likeness (QED) is 0.846. The van der Waals surface area contributed by atoms with Crippen molar-refractivity contribution in [2.75, 3.05) is 13.1 Å². The van der Waals surface area contributed by atoms with Gasteiger partial charge in [0.25, 0.3) is 0 Å². The molecule has 0 aromatic heterocycles. The molecule has 2 aliphatic carbocycles. The van der Waals surface area contributed by atoms with Crippen molar-refractivity contribution in [3.63, 3.8) is 0 Å². The van der Waals surface area contributed by atoms with Gasteiger partial charge < -0.3 is 5.32 Å². The number of carbonyl (C=O) groups excluding carboxylic acids is 1. The molecule has 0 bridgehead atoms. The Morgan fingerprint density at radius 2 is 2.00 bits per heavy atom. The maximum atomic E-state index is 12.8. The van der Waals surface area contributed by atoms with Gasteiger partial charge in [-0.1, -0.05) is 49.3 Å². The second-order valence-corrected chi connectivity index (χ2v) is 7.73. The Balaban J connectivity index is 1.53. The van der Waals surface area contributed by atoms with Crippen molar-refractivity contribution in [2.45, 2.75) is 69.9 Å². The van der Waals surface area contributed by atoms with Crippen LogP contribution in [-0.4, -0.2) is 36.0 Å². The van der Waals surface area contributed by atoms with Crippen LogP contribution < -0.4 is 5.32 Å². The van der Waals surface area contributed by atoms with Gasteiger partial charge in [0.05, 0.1) is 6.04 Å². The Morgan fingerprint density at radius 3 is 2.83 bits per heavy atom. The van der Waals surface area contributed by atoms with Crippen LogP contribution in [0.4, 0.5) is 0 Å². The standard InChI is InChI=1S/C21H32N2O/c1-17-8-3-2-4-11-19(14-13-17)22-21(24)20-12-7-15-23(20)16-18-9-5-6-10-18/h2-4,8,18-20H,1,5-7,9-16H2,(H,22,24)/b4-2-,8-3-. The Hall–Kier alpha value is -1.35. The highest BCUT2D eigenvalue weighted by Gasteiger charge is 2.33. The van der Waals surface area contributed by atoms with Gasteiger partial charge in [-0.2, -0.15) is 0 Å². The molecule has 1 heterocycles. The third-order valence-corrected chi connectivity index (χ3v) is 5.79. The zero-order valence-corrected chi connectivity index (χ0v) is 14.9. The number of allylic oxidation sites excluding steroid dienone is 4. The first kappa shape index (κ1) is 17.5. The fraction of sp³-hybridized carbons (Fsp3) is 0.667. The fourth-order valence-corrected chi connectivity index (χ4v) is 4.37. The second-order valence-electron chi connectivity index (χ2n) is 7.73. The summed E-state index contributed by atoms with van der Waals surface area (Å²) in [6.45, 7) is 6.30. The highest BCUT2D eigenvalue weighted by molar-refractivity contribution is 5.82. The third kappa shape index (κ3) is 4.83. The average molecular weight is 329 g/mol. The lowest BCUT2D eigenvalue weighted by atomic mass is 10.0. The monoisotopic (exact) mass is 328 g/mol. The lowest BCUT2D eigenvalue weighted by Crippen LogP contribution is -2.47. The zero-order valence-electron chi connectivity index (χ0n) is 14.9. The number of nitrogens with one attached hydrogen (secondary N) is 1. The summed E-state index contributed by atoms with van der Waals surface area (Å²) in [5.41, 5.74) is 1.14. The highest BCUT2D eigenvalue weighted by atomic mass is 16.2. The van der Waals surface area contributed by atoms with E-state index < -0.39 is 0 Å². The molecule has 1 aliphatic heterocycles. The van der Waals surface area contributed by atoms with E-state index in [1.807, 2.05) is 6.08 Å². The van der Waals surface area contributed by atoms with E-state index in [9.17, 15) is 4.79 Å². The largest absolute Gasteiger partial charge is 0.352 e. The molecule has 1 saturated carbocycles. The minimum Gasteiger partial charge on any atom is -0.352 e. The maximum Gasteiger partial charge on any atom is 0.237 e. The SMILES string of the molecule is C=C1/C=C\C=C/CC(NC(=O)C2CCCN2CC2CCCC2)CC1. The lowest BCUT2D eigenvalue weighted by Gasteiger charge is -2.28. The number of likely N-dealkylation sites (tertiary alicyclic amines) is 1. The van der Waals surface area contributed by atoms with Crippen molar-refractivity contribution in [2.24, 2.45) is 5.92 Å². The van der Waals surface area contributed by atoms with Gasteiger partial charge >= 0.3 is 0 Å². The normalized spacial score (nSPS) is 32.1. The zero-order chi connectivity index (χ0) is 16.8. The van der Waals surface area contributed by atoms with Crippen molar-refractivity contribution in [3.8, 4) is 0 Å². The van der Waals surface area contributed by atoms with E-state index in [-0.39, 0.29) is 18.0 Å². The molecular formula is C21H32N2O. The fourth-order valence-electron chi connectivity index (χ4n) is 4.37. The van der Waals surface area contributed by atoms with E-state index >= 15 is 0 Å². The van der Waals surface area contributed by atoms with Crippen molar-refractivity contribution < 1.29 is 4.79 Å². The van der Waals surface area contributed by atoms with Crippen molar-refractivity contribution in [1.29, 1.82) is 0 Å². The molecular weight excluding hydrogens is 296 g/mol. The van der Waals surface area contributed by atoms with Gasteiger partial charge in [0.2, 0.25) is 5.91 Å². The minimum atomic E-state index is 0.100. The van der Waals surface area contributed by atoms with E-state index in [1.165, 1.54) is 25.7 Å². The van der Waals surface area contributed by atoms with Crippen LogP contribution in [0.3, 0.4) is 0 Å². The predicted octanol–water partition coefficient (Wildman–Crippen LogP) is 3.98. The van der Waals surface area contributed by atoms with Gasteiger partial charge in [-0.05, 0) is 57.4 Å². The first-order valence-electron chi connectivity index (χ1n) is 9.78. The molecule has 0 aromatic carbocycles. The first-order chi connectivity index (χ1) is 11.7. The molecule has 3 rings (SSSR count). The molecule has 1 N–H and O–H groups in total. The summed E-state index contributed by atoms with van der Waals surface area (Å²) in [5.74, 6) is 1.07. The van der Waals surface area contributed by atoms with Crippen molar-refractivity contribution in [3.05, 3.63) is 36.5 Å². The van der Waals surface area contributed by atoms with Gasteiger partial charge in [-0.3, -0.25) is 9.69 Å². The highest BCUT2D eigenvalue weighted by Crippen LogP contribution is 2.28. The molecule has 0 aromatic rings. The molecule has 2 fully saturated rings. The van der Waals surface area contributed by atoms with E-state index in [2.05, 4.69) is 35.0 Å². The van der Waals surface area contributed by atoms with Crippen LogP contribution >= 0.6 is 0 Å². The molecule has 132 valence electrons. The second kappa shape index (κ2) is 8.66. The molecule has 0 spiro atoms. The van der Waals surface area contributed by atoms with Crippen LogP contribution in [0.25, 0.3) is 0 Å². The molecule has 0 radical (unpaired) electrons. The number of hydrogen-bond donors (Lipinski definition) is 1. The van der Waals surface area contributed by atoms with Gasteiger partial charge in [-0.15, -0.1) is 0 Å². The van der Waals surface area contributed by atoms with Crippen LogP contribution in [0.5, 0.6) is 0 Å². The summed E-state index contributed by atoms with van der Waals surface area (Å²) in [6.07, 6.45) is 18.8. The van der Waals surface area contributed by atoms with E-state index in [0.717, 1.165) is 56.7 Å². The number of rotatable bonds is 4. The number of amides is 1. The number of carbonyl (C=O) groups is 1. The summed E-state index contributed by atoms with van der Waals surface area (Å²) < 4.78 is 0. The predicted molar refractivity (Wildman–Crippen MR) is 99.8 cm³/mol. The van der Waals surface area contributed by atoms with Gasteiger partial charge in [-0.25, -0.2) is 0 Å². The summed E-state index contributed by atoms with van der Waals surface area (Å²) in [4.78, 5) is 15.3. The van der Waals surface area contributed by atoms with Crippen LogP contribution in [0.15, 0.2) is 36.5 Å². The average Bonchev–Trinajstić information content (AvgIpc) is 3.24. The molecule has 1 amide bonds. The van der Waals surface area contributed by atoms with Crippen molar-refractivity contribution >= 4 is 5.91 Å². The summed E-state index contributed by atoms with van der Waals surface area (Å²) in [6, 6.07) is 0.336. The Morgan fingerprint density at radius 1 is 1.17 bits per heavy atom. The third-order valence-electron chi connectivity index (χ3n) is 5.79. The molecule has 3 nitrogen and oxygen atoms in total. The molecule has 1 saturated heterocycles. The van der Waals surface area contributed by atoms with Gasteiger partial charge in [0.15, 0.2) is 0 Å². The molecule has 2 unspecified atom stereocenters. The Kier molecular flexibility index (Phi) is 6.30. The van der Waals surface area contributed by atoms with E-state index in [0.29, 0.717) is 0 Å².